The molecule has 0 atom stereocenters. The maximum absolute atomic E-state index is 13.0. The van der Waals surface area contributed by atoms with E-state index in [1.165, 1.54) is 0 Å². The van der Waals surface area contributed by atoms with E-state index in [0.717, 1.165) is 31.0 Å². The van der Waals surface area contributed by atoms with E-state index in [1.807, 2.05) is 53.2 Å². The molecule has 0 bridgehead atoms. The molecule has 1 amide bonds. The molecule has 2 N–H and O–H groups in total. The van der Waals surface area contributed by atoms with Gasteiger partial charge < -0.3 is 15.2 Å². The van der Waals surface area contributed by atoms with Crippen molar-refractivity contribution in [3.63, 3.8) is 0 Å². The average molecular weight is 377 g/mol. The first-order chi connectivity index (χ1) is 13.6. The molecule has 1 aromatic carbocycles. The lowest BCUT2D eigenvalue weighted by Crippen LogP contribution is -2.48. The van der Waals surface area contributed by atoms with Crippen molar-refractivity contribution in [3.8, 4) is 11.4 Å². The van der Waals surface area contributed by atoms with Crippen LogP contribution < -0.4 is 5.73 Å². The van der Waals surface area contributed by atoms with E-state index in [2.05, 4.69) is 19.9 Å². The largest absolute Gasteiger partial charge is 0.384 e. The number of carbonyl (C=O) groups excluding carboxylic acids is 1. The summed E-state index contributed by atoms with van der Waals surface area (Å²) in [6.45, 7) is 3.85. The molecule has 1 saturated heterocycles. The van der Waals surface area contributed by atoms with Crippen molar-refractivity contribution in [1.82, 2.24) is 29.3 Å². The van der Waals surface area contributed by atoms with Crippen LogP contribution in [0, 0.1) is 0 Å². The van der Waals surface area contributed by atoms with Crippen molar-refractivity contribution in [2.45, 2.75) is 6.54 Å². The third kappa shape index (κ3) is 3.86. The zero-order chi connectivity index (χ0) is 19.5. The monoisotopic (exact) mass is 377 g/mol. The molecular formula is C20H23N7O. The van der Waals surface area contributed by atoms with E-state index in [-0.39, 0.29) is 5.91 Å². The van der Waals surface area contributed by atoms with Crippen LogP contribution in [0.25, 0.3) is 11.4 Å². The van der Waals surface area contributed by atoms with E-state index in [4.69, 9.17) is 5.73 Å². The second kappa shape index (κ2) is 7.77. The van der Waals surface area contributed by atoms with Crippen LogP contribution in [0.2, 0.25) is 0 Å². The van der Waals surface area contributed by atoms with Crippen LogP contribution in [0.5, 0.6) is 0 Å². The van der Waals surface area contributed by atoms with Gasteiger partial charge in [-0.15, -0.1) is 0 Å². The summed E-state index contributed by atoms with van der Waals surface area (Å²) in [4.78, 5) is 30.0. The van der Waals surface area contributed by atoms with Gasteiger partial charge in [0.25, 0.3) is 5.91 Å². The fourth-order valence-corrected chi connectivity index (χ4v) is 3.34. The number of nitrogen functional groups attached to an aromatic ring is 1. The Hall–Kier alpha value is -3.26. The average Bonchev–Trinajstić information content (AvgIpc) is 3.12. The van der Waals surface area contributed by atoms with E-state index in [0.29, 0.717) is 30.3 Å². The molecule has 0 unspecified atom stereocenters. The van der Waals surface area contributed by atoms with Crippen LogP contribution in [0.1, 0.15) is 16.2 Å². The standard InChI is InChI=1S/C20H23N7O/c1-25-8-7-22-18(25)14-26-9-11-27(12-10-26)20(28)16-4-2-3-15(13-16)19-23-6-5-17(21)24-19/h2-8,13H,9-12,14H2,1H3,(H2,21,23,24). The predicted molar refractivity (Wildman–Crippen MR) is 106 cm³/mol. The Morgan fingerprint density at radius 2 is 1.93 bits per heavy atom. The highest BCUT2D eigenvalue weighted by Gasteiger charge is 2.23. The lowest BCUT2D eigenvalue weighted by Gasteiger charge is -2.34. The number of rotatable bonds is 4. The Morgan fingerprint density at radius 3 is 2.64 bits per heavy atom. The molecule has 1 fully saturated rings. The van der Waals surface area contributed by atoms with E-state index < -0.39 is 0 Å². The van der Waals surface area contributed by atoms with Gasteiger partial charge in [-0.2, -0.15) is 0 Å². The number of imidazole rings is 1. The van der Waals surface area contributed by atoms with Gasteiger partial charge in [0.2, 0.25) is 0 Å². The van der Waals surface area contributed by atoms with E-state index >= 15 is 0 Å². The number of benzene rings is 1. The molecule has 4 rings (SSSR count). The topological polar surface area (TPSA) is 93.2 Å². The van der Waals surface area contributed by atoms with Crippen LogP contribution in [0.4, 0.5) is 5.82 Å². The molecule has 8 nitrogen and oxygen atoms in total. The summed E-state index contributed by atoms with van der Waals surface area (Å²) in [7, 11) is 2.00. The number of nitrogens with two attached hydrogens (primary N) is 1. The van der Waals surface area contributed by atoms with Gasteiger partial charge in [-0.25, -0.2) is 15.0 Å². The number of piperazine rings is 1. The number of aryl methyl sites for hydroxylation is 1. The van der Waals surface area contributed by atoms with Crippen molar-refractivity contribution in [2.75, 3.05) is 31.9 Å². The second-order valence-electron chi connectivity index (χ2n) is 6.91. The zero-order valence-electron chi connectivity index (χ0n) is 15.8. The molecule has 0 saturated carbocycles. The van der Waals surface area contributed by atoms with Crippen LogP contribution >= 0.6 is 0 Å². The molecule has 0 radical (unpaired) electrons. The maximum Gasteiger partial charge on any atom is 0.253 e. The van der Waals surface area contributed by atoms with Crippen LogP contribution in [-0.4, -0.2) is 61.4 Å². The minimum Gasteiger partial charge on any atom is -0.384 e. The Morgan fingerprint density at radius 1 is 1.11 bits per heavy atom. The van der Waals surface area contributed by atoms with Gasteiger partial charge in [-0.3, -0.25) is 9.69 Å². The Bertz CT molecular complexity index is 976. The molecule has 3 aromatic rings. The van der Waals surface area contributed by atoms with Crippen molar-refractivity contribution < 1.29 is 4.79 Å². The number of hydrogen-bond donors (Lipinski definition) is 1. The highest BCUT2D eigenvalue weighted by molar-refractivity contribution is 5.95. The van der Waals surface area contributed by atoms with Crippen molar-refractivity contribution in [2.24, 2.45) is 7.05 Å². The van der Waals surface area contributed by atoms with Gasteiger partial charge in [-0.1, -0.05) is 12.1 Å². The summed E-state index contributed by atoms with van der Waals surface area (Å²) >= 11 is 0. The van der Waals surface area contributed by atoms with Gasteiger partial charge in [0.1, 0.15) is 11.6 Å². The number of anilines is 1. The zero-order valence-corrected chi connectivity index (χ0v) is 15.8. The predicted octanol–water partition coefficient (Wildman–Crippen LogP) is 1.42. The van der Waals surface area contributed by atoms with E-state index in [9.17, 15) is 4.79 Å². The van der Waals surface area contributed by atoms with Gasteiger partial charge in [-0.05, 0) is 18.2 Å². The normalized spacial score (nSPS) is 15.0. The summed E-state index contributed by atoms with van der Waals surface area (Å²) in [5, 5.41) is 0. The Balaban J connectivity index is 1.41. The first-order valence-electron chi connectivity index (χ1n) is 9.27. The Labute approximate surface area is 163 Å². The first-order valence-corrected chi connectivity index (χ1v) is 9.27. The van der Waals surface area contributed by atoms with E-state index in [1.54, 1.807) is 12.3 Å². The Kier molecular flexibility index (Phi) is 5.03. The van der Waals surface area contributed by atoms with Gasteiger partial charge in [0, 0.05) is 62.9 Å². The first kappa shape index (κ1) is 18.1. The van der Waals surface area contributed by atoms with Crippen LogP contribution in [0.15, 0.2) is 48.9 Å². The van der Waals surface area contributed by atoms with Gasteiger partial charge in [0.05, 0.1) is 6.54 Å². The molecular weight excluding hydrogens is 354 g/mol. The molecule has 28 heavy (non-hydrogen) atoms. The number of carbonyl (C=O) groups is 1. The number of hydrogen-bond acceptors (Lipinski definition) is 6. The summed E-state index contributed by atoms with van der Waals surface area (Å²) in [5.74, 6) is 2.00. The molecule has 0 spiro atoms. The molecule has 3 heterocycles. The quantitative estimate of drug-likeness (QED) is 0.739. The summed E-state index contributed by atoms with van der Waals surface area (Å²) in [5.41, 5.74) is 7.17. The molecule has 2 aromatic heterocycles. The van der Waals surface area contributed by atoms with Crippen molar-refractivity contribution in [3.05, 3.63) is 60.3 Å². The van der Waals surface area contributed by atoms with Gasteiger partial charge >= 0.3 is 0 Å². The third-order valence-corrected chi connectivity index (χ3v) is 4.99. The fourth-order valence-electron chi connectivity index (χ4n) is 3.34. The van der Waals surface area contributed by atoms with Gasteiger partial charge in [0.15, 0.2) is 5.82 Å². The minimum absolute atomic E-state index is 0.0300. The fraction of sp³-hybridized carbons (Fsp3) is 0.300. The minimum atomic E-state index is 0.0300. The van der Waals surface area contributed by atoms with Crippen molar-refractivity contribution in [1.29, 1.82) is 0 Å². The summed E-state index contributed by atoms with van der Waals surface area (Å²) in [6, 6.07) is 9.04. The number of nitrogens with zero attached hydrogens (tertiary/aromatic N) is 6. The molecule has 1 aliphatic heterocycles. The molecule has 0 aliphatic carbocycles. The molecule has 8 heteroatoms. The van der Waals surface area contributed by atoms with Crippen LogP contribution in [-0.2, 0) is 13.6 Å². The lowest BCUT2D eigenvalue weighted by atomic mass is 10.1. The van der Waals surface area contributed by atoms with Crippen LogP contribution in [0.3, 0.4) is 0 Å². The highest BCUT2D eigenvalue weighted by atomic mass is 16.2. The smallest absolute Gasteiger partial charge is 0.253 e. The summed E-state index contributed by atoms with van der Waals surface area (Å²) in [6.07, 6.45) is 5.38. The number of amides is 1. The highest BCUT2D eigenvalue weighted by Crippen LogP contribution is 2.19. The maximum atomic E-state index is 13.0. The third-order valence-electron chi connectivity index (χ3n) is 4.99. The second-order valence-corrected chi connectivity index (χ2v) is 6.91. The molecule has 1 aliphatic rings. The number of aromatic nitrogens is 4. The SMILES string of the molecule is Cn1ccnc1CN1CCN(C(=O)c2cccc(-c3nccc(N)n3)c2)CC1. The summed E-state index contributed by atoms with van der Waals surface area (Å²) < 4.78 is 2.03. The molecule has 144 valence electrons. The lowest BCUT2D eigenvalue weighted by molar-refractivity contribution is 0.0624. The van der Waals surface area contributed by atoms with Crippen molar-refractivity contribution >= 4 is 11.7 Å².